The van der Waals surface area contributed by atoms with Crippen LogP contribution >= 0.6 is 0 Å². The van der Waals surface area contributed by atoms with E-state index >= 15 is 0 Å². The second-order valence-electron chi connectivity index (χ2n) is 4.08. The van der Waals surface area contributed by atoms with Crippen LogP contribution in [0.5, 0.6) is 0 Å². The highest BCUT2D eigenvalue weighted by atomic mass is 16.3. The summed E-state index contributed by atoms with van der Waals surface area (Å²) in [6, 6.07) is 0. The van der Waals surface area contributed by atoms with Gasteiger partial charge < -0.3 is 5.11 Å². The summed E-state index contributed by atoms with van der Waals surface area (Å²) in [5.41, 5.74) is 2.20. The molecule has 0 aliphatic carbocycles. The van der Waals surface area contributed by atoms with Crippen molar-refractivity contribution in [3.8, 4) is 0 Å². The number of carbonyl (C=O) groups is 1. The minimum atomic E-state index is -0.451. The van der Waals surface area contributed by atoms with Crippen LogP contribution in [-0.2, 0) is 6.54 Å². The molecule has 0 aromatic carbocycles. The van der Waals surface area contributed by atoms with Gasteiger partial charge in [0.2, 0.25) is 0 Å². The van der Waals surface area contributed by atoms with Crippen LogP contribution < -0.4 is 11.3 Å². The molecule has 17 heavy (non-hydrogen) atoms. The molecule has 1 unspecified atom stereocenters. The highest BCUT2D eigenvalue weighted by Crippen LogP contribution is 2.08. The zero-order valence-corrected chi connectivity index (χ0v) is 9.41. The Morgan fingerprint density at radius 3 is 3.12 bits per heavy atom. The summed E-state index contributed by atoms with van der Waals surface area (Å²) in [5.74, 6) is 4.54. The third-order valence-corrected chi connectivity index (χ3v) is 2.80. The van der Waals surface area contributed by atoms with Crippen LogP contribution in [0.1, 0.15) is 16.9 Å². The van der Waals surface area contributed by atoms with Gasteiger partial charge in [0.15, 0.2) is 5.69 Å². The van der Waals surface area contributed by atoms with E-state index in [2.05, 4.69) is 15.2 Å². The van der Waals surface area contributed by atoms with E-state index < -0.39 is 5.91 Å². The van der Waals surface area contributed by atoms with Crippen LogP contribution in [0.25, 0.3) is 0 Å². The Morgan fingerprint density at radius 2 is 2.47 bits per heavy atom. The Hall–Kier alpha value is -1.51. The van der Waals surface area contributed by atoms with E-state index in [1.54, 1.807) is 10.9 Å². The molecule has 94 valence electrons. The predicted octanol–water partition coefficient (Wildman–Crippen LogP) is -2.05. The normalized spacial score (nSPS) is 20.7. The number of nitrogen functional groups attached to an aromatic ring is 1. The molecule has 2 heterocycles. The van der Waals surface area contributed by atoms with Crippen molar-refractivity contribution in [3.63, 3.8) is 0 Å². The summed E-state index contributed by atoms with van der Waals surface area (Å²) in [6.07, 6.45) is 2.15. The van der Waals surface area contributed by atoms with Crippen molar-refractivity contribution in [1.29, 1.82) is 0 Å². The molecule has 1 aliphatic heterocycles. The van der Waals surface area contributed by atoms with Gasteiger partial charge in [-0.3, -0.25) is 19.8 Å². The monoisotopic (exact) mass is 240 g/mol. The molecule has 1 aromatic rings. The number of aliphatic hydroxyl groups excluding tert-OH is 1. The molecule has 1 saturated heterocycles. The second kappa shape index (κ2) is 5.21. The van der Waals surface area contributed by atoms with E-state index in [9.17, 15) is 9.90 Å². The standard InChI is InChI=1S/C9H16N6O2/c10-11-9(17)8-6-15(13-12-8)4-3-14-2-1-7(16)5-14/h6-7,16H,1-5,10H2,(H,11,17). The molecule has 0 radical (unpaired) electrons. The molecule has 8 heteroatoms. The number of β-amino-alcohol motifs (C(OH)–C–C–N with tert-alkyl or cyclic N) is 1. The first-order valence-corrected chi connectivity index (χ1v) is 5.50. The Labute approximate surface area is 98.4 Å². The number of hydrogen-bond acceptors (Lipinski definition) is 6. The van der Waals surface area contributed by atoms with Gasteiger partial charge in [-0.1, -0.05) is 5.21 Å². The Kier molecular flexibility index (Phi) is 3.67. The van der Waals surface area contributed by atoms with Gasteiger partial charge in [0.25, 0.3) is 5.91 Å². The fourth-order valence-corrected chi connectivity index (χ4v) is 1.84. The van der Waals surface area contributed by atoms with E-state index in [0.29, 0.717) is 13.1 Å². The molecule has 1 atom stereocenters. The first-order chi connectivity index (χ1) is 8.19. The number of nitrogens with two attached hydrogens (primary N) is 1. The molecular weight excluding hydrogens is 224 g/mol. The maximum absolute atomic E-state index is 11.1. The molecule has 8 nitrogen and oxygen atoms in total. The molecule has 4 N–H and O–H groups in total. The van der Waals surface area contributed by atoms with Crippen LogP contribution in [-0.4, -0.2) is 56.6 Å². The molecule has 1 aromatic heterocycles. The summed E-state index contributed by atoms with van der Waals surface area (Å²) < 4.78 is 1.59. The predicted molar refractivity (Wildman–Crippen MR) is 58.7 cm³/mol. The van der Waals surface area contributed by atoms with Gasteiger partial charge in [-0.2, -0.15) is 0 Å². The number of carbonyl (C=O) groups excluding carboxylic acids is 1. The average molecular weight is 240 g/mol. The lowest BCUT2D eigenvalue weighted by molar-refractivity contribution is 0.0948. The first kappa shape index (κ1) is 12.0. The average Bonchev–Trinajstić information content (AvgIpc) is 2.94. The Bertz CT molecular complexity index is 393. The van der Waals surface area contributed by atoms with Gasteiger partial charge in [-0.05, 0) is 6.42 Å². The number of likely N-dealkylation sites (tertiary alicyclic amines) is 1. The minimum absolute atomic E-state index is 0.203. The van der Waals surface area contributed by atoms with Gasteiger partial charge in [0.05, 0.1) is 18.8 Å². The molecule has 2 rings (SSSR count). The fraction of sp³-hybridized carbons (Fsp3) is 0.667. The summed E-state index contributed by atoms with van der Waals surface area (Å²) in [6.45, 7) is 3.01. The summed E-state index contributed by atoms with van der Waals surface area (Å²) in [4.78, 5) is 13.3. The van der Waals surface area contributed by atoms with E-state index in [1.165, 1.54) is 0 Å². The third-order valence-electron chi connectivity index (χ3n) is 2.80. The lowest BCUT2D eigenvalue weighted by Crippen LogP contribution is -2.30. The van der Waals surface area contributed by atoms with Crippen molar-refractivity contribution in [2.24, 2.45) is 5.84 Å². The van der Waals surface area contributed by atoms with Crippen molar-refractivity contribution in [2.45, 2.75) is 19.1 Å². The summed E-state index contributed by atoms with van der Waals surface area (Å²) in [7, 11) is 0. The topological polar surface area (TPSA) is 109 Å². The summed E-state index contributed by atoms with van der Waals surface area (Å²) in [5, 5.41) is 16.9. The van der Waals surface area contributed by atoms with Crippen LogP contribution in [0.2, 0.25) is 0 Å². The fourth-order valence-electron chi connectivity index (χ4n) is 1.84. The Morgan fingerprint density at radius 1 is 1.65 bits per heavy atom. The zero-order chi connectivity index (χ0) is 12.3. The number of amides is 1. The van der Waals surface area contributed by atoms with Crippen LogP contribution in [0.15, 0.2) is 6.20 Å². The number of rotatable bonds is 4. The summed E-state index contributed by atoms with van der Waals surface area (Å²) >= 11 is 0. The number of aliphatic hydroxyl groups is 1. The number of nitrogens with one attached hydrogen (secondary N) is 1. The molecular formula is C9H16N6O2. The lowest BCUT2D eigenvalue weighted by atomic mass is 10.3. The van der Waals surface area contributed by atoms with Gasteiger partial charge in [0.1, 0.15) is 0 Å². The molecule has 0 saturated carbocycles. The van der Waals surface area contributed by atoms with Crippen molar-refractivity contribution in [3.05, 3.63) is 11.9 Å². The molecule has 1 fully saturated rings. The molecule has 0 spiro atoms. The lowest BCUT2D eigenvalue weighted by Gasteiger charge is -2.13. The van der Waals surface area contributed by atoms with Crippen molar-refractivity contribution >= 4 is 5.91 Å². The molecule has 0 bridgehead atoms. The van der Waals surface area contributed by atoms with E-state index in [1.807, 2.05) is 5.43 Å². The van der Waals surface area contributed by atoms with Crippen LogP contribution in [0.3, 0.4) is 0 Å². The minimum Gasteiger partial charge on any atom is -0.392 e. The highest BCUT2D eigenvalue weighted by molar-refractivity contribution is 5.91. The van der Waals surface area contributed by atoms with Gasteiger partial charge in [-0.15, -0.1) is 5.10 Å². The second-order valence-corrected chi connectivity index (χ2v) is 4.08. The quantitative estimate of drug-likeness (QED) is 0.317. The maximum Gasteiger partial charge on any atom is 0.287 e. The van der Waals surface area contributed by atoms with Crippen molar-refractivity contribution in [1.82, 2.24) is 25.3 Å². The van der Waals surface area contributed by atoms with Crippen molar-refractivity contribution in [2.75, 3.05) is 19.6 Å². The highest BCUT2D eigenvalue weighted by Gasteiger charge is 2.19. The molecule has 1 amide bonds. The van der Waals surface area contributed by atoms with Gasteiger partial charge >= 0.3 is 0 Å². The van der Waals surface area contributed by atoms with E-state index in [0.717, 1.165) is 19.5 Å². The third kappa shape index (κ3) is 2.99. The Balaban J connectivity index is 1.83. The number of aromatic nitrogens is 3. The SMILES string of the molecule is NNC(=O)c1cn(CCN2CCC(O)C2)nn1. The van der Waals surface area contributed by atoms with E-state index in [4.69, 9.17) is 5.84 Å². The number of nitrogens with zero attached hydrogens (tertiary/aromatic N) is 4. The van der Waals surface area contributed by atoms with Gasteiger partial charge in [0, 0.05) is 19.6 Å². The van der Waals surface area contributed by atoms with Crippen LogP contribution in [0, 0.1) is 0 Å². The number of hydrazine groups is 1. The maximum atomic E-state index is 11.1. The largest absolute Gasteiger partial charge is 0.392 e. The van der Waals surface area contributed by atoms with Gasteiger partial charge in [-0.25, -0.2) is 5.84 Å². The van der Waals surface area contributed by atoms with E-state index in [-0.39, 0.29) is 11.8 Å². The van der Waals surface area contributed by atoms with Crippen molar-refractivity contribution < 1.29 is 9.90 Å². The first-order valence-electron chi connectivity index (χ1n) is 5.50. The molecule has 1 aliphatic rings. The smallest absolute Gasteiger partial charge is 0.287 e. The van der Waals surface area contributed by atoms with Crippen LogP contribution in [0.4, 0.5) is 0 Å². The zero-order valence-electron chi connectivity index (χ0n) is 9.41. The number of hydrogen-bond donors (Lipinski definition) is 3.